The second kappa shape index (κ2) is 12.8. The van der Waals surface area contributed by atoms with Gasteiger partial charge in [0, 0.05) is 11.2 Å². The zero-order chi connectivity index (χ0) is 27.9. The molecule has 0 aliphatic carbocycles. The Morgan fingerprint density at radius 3 is 2.42 bits per heavy atom. The molecule has 38 heavy (non-hydrogen) atoms. The maximum atomic E-state index is 13.9. The number of nitrogens with one attached hydrogen (secondary N) is 2. The zero-order valence-electron chi connectivity index (χ0n) is 22.0. The second-order valence-electron chi connectivity index (χ2n) is 9.15. The van der Waals surface area contributed by atoms with Crippen LogP contribution in [0.4, 0.5) is 5.69 Å². The minimum Gasteiger partial charge on any atom is -0.497 e. The fourth-order valence-electron chi connectivity index (χ4n) is 3.70. The minimum atomic E-state index is -1.09. The van der Waals surface area contributed by atoms with Gasteiger partial charge in [0.2, 0.25) is 11.8 Å². The number of nitrogens with zero attached hydrogens (tertiary/aromatic N) is 1. The monoisotopic (exact) mass is 557 g/mol. The van der Waals surface area contributed by atoms with Crippen molar-refractivity contribution >= 4 is 46.3 Å². The number of halogens is 1. The van der Waals surface area contributed by atoms with E-state index >= 15 is 0 Å². The number of benzene rings is 2. The van der Waals surface area contributed by atoms with Crippen molar-refractivity contribution in [3.05, 3.63) is 75.4 Å². The highest BCUT2D eigenvalue weighted by atomic mass is 35.5. The Morgan fingerprint density at radius 2 is 1.82 bits per heavy atom. The van der Waals surface area contributed by atoms with Crippen molar-refractivity contribution in [2.24, 2.45) is 0 Å². The molecule has 0 saturated heterocycles. The van der Waals surface area contributed by atoms with Crippen LogP contribution in [-0.4, -0.2) is 44.0 Å². The molecule has 3 aromatic rings. The fraction of sp³-hybridized carbons (Fsp3) is 0.321. The Bertz CT molecular complexity index is 1280. The van der Waals surface area contributed by atoms with Crippen molar-refractivity contribution in [3.8, 4) is 11.5 Å². The number of hydrogen-bond acceptors (Lipinski definition) is 6. The Kier molecular flexibility index (Phi) is 9.77. The van der Waals surface area contributed by atoms with Crippen molar-refractivity contribution in [2.45, 2.75) is 38.8 Å². The van der Waals surface area contributed by atoms with Crippen LogP contribution in [0.15, 0.2) is 60.0 Å². The molecule has 0 aliphatic rings. The van der Waals surface area contributed by atoms with E-state index in [2.05, 4.69) is 10.6 Å². The SMILES string of the molecule is CCC(C)(C)NC(=O)[C@@H](c1cccc(OC)c1)N(C(=O)CNC(=O)c1cccs1)c1ccc(OC)c(Cl)c1. The maximum absolute atomic E-state index is 13.9. The Hall–Kier alpha value is -3.56. The van der Waals surface area contributed by atoms with Crippen LogP contribution in [0.1, 0.15) is 48.5 Å². The molecule has 0 radical (unpaired) electrons. The number of ether oxygens (including phenoxy) is 2. The van der Waals surface area contributed by atoms with Crippen LogP contribution in [-0.2, 0) is 9.59 Å². The summed E-state index contributed by atoms with van der Waals surface area (Å²) in [4.78, 5) is 42.1. The van der Waals surface area contributed by atoms with E-state index in [0.29, 0.717) is 34.0 Å². The lowest BCUT2D eigenvalue weighted by Gasteiger charge is -2.35. The van der Waals surface area contributed by atoms with Crippen molar-refractivity contribution < 1.29 is 23.9 Å². The molecule has 3 rings (SSSR count). The third-order valence-electron chi connectivity index (χ3n) is 6.09. The van der Waals surface area contributed by atoms with E-state index in [-0.39, 0.29) is 17.5 Å². The van der Waals surface area contributed by atoms with Gasteiger partial charge in [-0.3, -0.25) is 19.3 Å². The van der Waals surface area contributed by atoms with Gasteiger partial charge in [0.1, 0.15) is 17.5 Å². The van der Waals surface area contributed by atoms with Gasteiger partial charge >= 0.3 is 0 Å². The summed E-state index contributed by atoms with van der Waals surface area (Å²) in [5.74, 6) is -0.330. The highest BCUT2D eigenvalue weighted by Gasteiger charge is 2.35. The zero-order valence-corrected chi connectivity index (χ0v) is 23.6. The maximum Gasteiger partial charge on any atom is 0.261 e. The molecule has 8 nitrogen and oxygen atoms in total. The molecule has 10 heteroatoms. The summed E-state index contributed by atoms with van der Waals surface area (Å²) in [5, 5.41) is 7.77. The third kappa shape index (κ3) is 7.05. The van der Waals surface area contributed by atoms with E-state index in [1.807, 2.05) is 20.8 Å². The number of thiophene rings is 1. The molecule has 0 aliphatic heterocycles. The Labute approximate surface area is 231 Å². The number of anilines is 1. The Balaban J connectivity index is 2.10. The van der Waals surface area contributed by atoms with E-state index in [9.17, 15) is 14.4 Å². The first-order valence-electron chi connectivity index (χ1n) is 12.0. The van der Waals surface area contributed by atoms with Crippen molar-refractivity contribution in [1.82, 2.24) is 10.6 Å². The van der Waals surface area contributed by atoms with Gasteiger partial charge in [-0.1, -0.05) is 36.7 Å². The quantitative estimate of drug-likeness (QED) is 0.336. The van der Waals surface area contributed by atoms with Crippen LogP contribution >= 0.6 is 22.9 Å². The molecule has 1 atom stereocenters. The summed E-state index contributed by atoms with van der Waals surface area (Å²) in [6.45, 7) is 5.44. The second-order valence-corrected chi connectivity index (χ2v) is 10.5. The van der Waals surface area contributed by atoms with E-state index in [1.165, 1.54) is 30.5 Å². The third-order valence-corrected chi connectivity index (χ3v) is 7.25. The largest absolute Gasteiger partial charge is 0.497 e. The summed E-state index contributed by atoms with van der Waals surface area (Å²) >= 11 is 7.70. The molecular formula is C28H32ClN3O5S. The normalized spacial score (nSPS) is 11.8. The lowest BCUT2D eigenvalue weighted by atomic mass is 9.98. The first-order valence-corrected chi connectivity index (χ1v) is 13.3. The van der Waals surface area contributed by atoms with E-state index < -0.39 is 23.4 Å². The number of carbonyl (C=O) groups excluding carboxylic acids is 3. The fourth-order valence-corrected chi connectivity index (χ4v) is 4.59. The highest BCUT2D eigenvalue weighted by Crippen LogP contribution is 2.35. The summed E-state index contributed by atoms with van der Waals surface area (Å²) in [6.07, 6.45) is 0.669. The van der Waals surface area contributed by atoms with Gasteiger partial charge in [-0.15, -0.1) is 11.3 Å². The predicted octanol–water partition coefficient (Wildman–Crippen LogP) is 5.23. The molecule has 0 bridgehead atoms. The van der Waals surface area contributed by atoms with Gasteiger partial charge in [-0.2, -0.15) is 0 Å². The number of rotatable bonds is 11. The van der Waals surface area contributed by atoms with Crippen LogP contribution < -0.4 is 25.0 Å². The van der Waals surface area contributed by atoms with Gasteiger partial charge in [0.25, 0.3) is 5.91 Å². The summed E-state index contributed by atoms with van der Waals surface area (Å²) in [6, 6.07) is 14.1. The molecule has 2 aromatic carbocycles. The van der Waals surface area contributed by atoms with Gasteiger partial charge in [-0.05, 0) is 67.6 Å². The topological polar surface area (TPSA) is 97.0 Å². The van der Waals surface area contributed by atoms with E-state index in [0.717, 1.165) is 0 Å². The first-order chi connectivity index (χ1) is 18.1. The van der Waals surface area contributed by atoms with Gasteiger partial charge in [0.05, 0.1) is 30.7 Å². The molecule has 202 valence electrons. The van der Waals surface area contributed by atoms with Crippen LogP contribution in [0.3, 0.4) is 0 Å². The molecule has 2 N–H and O–H groups in total. The summed E-state index contributed by atoms with van der Waals surface area (Å²) in [5.41, 5.74) is 0.357. The standard InChI is InChI=1S/C28H32ClN3O5S/c1-6-28(2,3)31-27(35)25(18-9-7-10-20(15-18)36-4)32(19-12-13-22(37-5)21(29)16-19)24(33)17-30-26(34)23-11-8-14-38-23/h7-16,25H,6,17H2,1-5H3,(H,30,34)(H,31,35)/t25-/m1/s1. The highest BCUT2D eigenvalue weighted by molar-refractivity contribution is 7.12. The summed E-state index contributed by atoms with van der Waals surface area (Å²) in [7, 11) is 3.02. The van der Waals surface area contributed by atoms with Crippen molar-refractivity contribution in [3.63, 3.8) is 0 Å². The summed E-state index contributed by atoms with van der Waals surface area (Å²) < 4.78 is 10.7. The molecule has 3 amide bonds. The molecule has 1 aromatic heterocycles. The van der Waals surface area contributed by atoms with Gasteiger partial charge in [0.15, 0.2) is 0 Å². The van der Waals surface area contributed by atoms with Crippen LogP contribution in [0, 0.1) is 0 Å². The number of methoxy groups -OCH3 is 2. The average Bonchev–Trinajstić information content (AvgIpc) is 3.45. The Morgan fingerprint density at radius 1 is 1.05 bits per heavy atom. The van der Waals surface area contributed by atoms with Crippen LogP contribution in [0.2, 0.25) is 5.02 Å². The molecule has 0 unspecified atom stereocenters. The molecule has 1 heterocycles. The van der Waals surface area contributed by atoms with Gasteiger partial charge < -0.3 is 20.1 Å². The van der Waals surface area contributed by atoms with E-state index in [1.54, 1.807) is 60.0 Å². The predicted molar refractivity (Wildman–Crippen MR) is 150 cm³/mol. The number of amides is 3. The molecule has 0 spiro atoms. The van der Waals surface area contributed by atoms with Gasteiger partial charge in [-0.25, -0.2) is 0 Å². The number of carbonyl (C=O) groups is 3. The average molecular weight is 558 g/mol. The van der Waals surface area contributed by atoms with Crippen molar-refractivity contribution in [2.75, 3.05) is 25.7 Å². The smallest absolute Gasteiger partial charge is 0.261 e. The first kappa shape index (κ1) is 29.0. The molecule has 0 fully saturated rings. The van der Waals surface area contributed by atoms with Crippen LogP contribution in [0.25, 0.3) is 0 Å². The molecule has 0 saturated carbocycles. The van der Waals surface area contributed by atoms with Crippen LogP contribution in [0.5, 0.6) is 11.5 Å². The lowest BCUT2D eigenvalue weighted by molar-refractivity contribution is -0.127. The lowest BCUT2D eigenvalue weighted by Crippen LogP contribution is -2.52. The molecular weight excluding hydrogens is 526 g/mol. The van der Waals surface area contributed by atoms with Crippen molar-refractivity contribution in [1.29, 1.82) is 0 Å². The van der Waals surface area contributed by atoms with E-state index in [4.69, 9.17) is 21.1 Å². The minimum absolute atomic E-state index is 0.268. The number of hydrogen-bond donors (Lipinski definition) is 2.